The summed E-state index contributed by atoms with van der Waals surface area (Å²) in [5.41, 5.74) is 3.11. The first-order chi connectivity index (χ1) is 9.93. The van der Waals surface area contributed by atoms with E-state index in [1.54, 1.807) is 35.2 Å². The molecule has 0 aliphatic heterocycles. The average Bonchev–Trinajstić information content (AvgIpc) is 2.46. The van der Waals surface area contributed by atoms with E-state index in [2.05, 4.69) is 0 Å². The molecule has 0 unspecified atom stereocenters. The Hall–Kier alpha value is -2.00. The van der Waals surface area contributed by atoms with Crippen LogP contribution >= 0.6 is 11.6 Å². The number of benzene rings is 2. The number of hydrogen-bond acceptors (Lipinski definition) is 2. The lowest BCUT2D eigenvalue weighted by Crippen LogP contribution is -2.31. The highest BCUT2D eigenvalue weighted by atomic mass is 35.5. The number of aryl methyl sites for hydroxylation is 2. The van der Waals surface area contributed by atoms with Crippen molar-refractivity contribution in [3.63, 3.8) is 0 Å². The maximum atomic E-state index is 12.7. The molecule has 0 saturated carbocycles. The van der Waals surface area contributed by atoms with Crippen molar-refractivity contribution in [1.82, 2.24) is 0 Å². The van der Waals surface area contributed by atoms with E-state index >= 15 is 0 Å². The van der Waals surface area contributed by atoms with E-state index < -0.39 is 0 Å². The van der Waals surface area contributed by atoms with Crippen LogP contribution in [0.2, 0.25) is 5.02 Å². The molecule has 0 atom stereocenters. The highest BCUT2D eigenvalue weighted by Crippen LogP contribution is 2.27. The first-order valence-electron chi connectivity index (χ1n) is 6.81. The summed E-state index contributed by atoms with van der Waals surface area (Å²) in [6.45, 7) is 6.21. The molecule has 0 bridgehead atoms. The van der Waals surface area contributed by atoms with Crippen molar-refractivity contribution in [3.05, 3.63) is 58.1 Å². The van der Waals surface area contributed by atoms with Gasteiger partial charge in [0, 0.05) is 23.2 Å². The van der Waals surface area contributed by atoms with Crippen LogP contribution in [-0.4, -0.2) is 17.6 Å². The van der Waals surface area contributed by atoms with Gasteiger partial charge in [0.15, 0.2) is 0 Å². The molecular weight excluding hydrogens is 286 g/mol. The van der Waals surface area contributed by atoms with E-state index in [0.29, 0.717) is 22.8 Å². The van der Waals surface area contributed by atoms with Crippen molar-refractivity contribution in [2.75, 3.05) is 11.4 Å². The van der Waals surface area contributed by atoms with Gasteiger partial charge in [0.2, 0.25) is 0 Å². The van der Waals surface area contributed by atoms with E-state index in [1.165, 1.54) is 0 Å². The number of phenolic OH excluding ortho intramolecular Hbond substituents is 1. The van der Waals surface area contributed by atoms with Crippen LogP contribution < -0.4 is 4.90 Å². The van der Waals surface area contributed by atoms with Crippen molar-refractivity contribution in [3.8, 4) is 5.75 Å². The summed E-state index contributed by atoms with van der Waals surface area (Å²) in [6, 6.07) is 10.3. The SMILES string of the molecule is CCN(C(=O)c1ccc(C)c(Cl)c1)c1cc(O)ccc1C. The van der Waals surface area contributed by atoms with Gasteiger partial charge in [-0.2, -0.15) is 0 Å². The molecule has 0 heterocycles. The van der Waals surface area contributed by atoms with Crippen LogP contribution in [0.1, 0.15) is 28.4 Å². The predicted molar refractivity (Wildman–Crippen MR) is 86.4 cm³/mol. The summed E-state index contributed by atoms with van der Waals surface area (Å²) in [7, 11) is 0. The van der Waals surface area contributed by atoms with Gasteiger partial charge in [-0.15, -0.1) is 0 Å². The summed E-state index contributed by atoms with van der Waals surface area (Å²) in [5, 5.41) is 10.2. The van der Waals surface area contributed by atoms with E-state index in [1.807, 2.05) is 26.8 Å². The van der Waals surface area contributed by atoms with Crippen LogP contribution in [0.15, 0.2) is 36.4 Å². The minimum Gasteiger partial charge on any atom is -0.508 e. The fraction of sp³-hybridized carbons (Fsp3) is 0.235. The Morgan fingerprint density at radius 2 is 1.81 bits per heavy atom. The van der Waals surface area contributed by atoms with Gasteiger partial charge in [0.1, 0.15) is 5.75 Å². The Kier molecular flexibility index (Phi) is 4.53. The third kappa shape index (κ3) is 3.19. The number of aromatic hydroxyl groups is 1. The third-order valence-corrected chi connectivity index (χ3v) is 3.87. The Morgan fingerprint density at radius 3 is 2.43 bits per heavy atom. The van der Waals surface area contributed by atoms with Crippen LogP contribution in [0, 0.1) is 13.8 Å². The number of amides is 1. The lowest BCUT2D eigenvalue weighted by molar-refractivity contribution is 0.0988. The van der Waals surface area contributed by atoms with E-state index in [0.717, 1.165) is 11.1 Å². The van der Waals surface area contributed by atoms with Gasteiger partial charge in [0.25, 0.3) is 5.91 Å². The molecule has 0 fully saturated rings. The summed E-state index contributed by atoms with van der Waals surface area (Å²) in [4.78, 5) is 14.3. The Bertz CT molecular complexity index is 682. The number of phenols is 1. The lowest BCUT2D eigenvalue weighted by atomic mass is 10.1. The molecular formula is C17H18ClNO2. The standard InChI is InChI=1S/C17H18ClNO2/c1-4-19(16-10-14(20)8-6-12(16)3)17(21)13-7-5-11(2)15(18)9-13/h5-10,20H,4H2,1-3H3. The smallest absolute Gasteiger partial charge is 0.258 e. The quantitative estimate of drug-likeness (QED) is 0.917. The Balaban J connectivity index is 2.43. The van der Waals surface area contributed by atoms with Crippen molar-refractivity contribution in [2.45, 2.75) is 20.8 Å². The van der Waals surface area contributed by atoms with Gasteiger partial charge in [-0.1, -0.05) is 23.7 Å². The van der Waals surface area contributed by atoms with Crippen molar-refractivity contribution in [1.29, 1.82) is 0 Å². The fourth-order valence-corrected chi connectivity index (χ4v) is 2.37. The molecule has 0 radical (unpaired) electrons. The molecule has 21 heavy (non-hydrogen) atoms. The number of halogens is 1. The molecule has 0 spiro atoms. The van der Waals surface area contributed by atoms with Gasteiger partial charge in [-0.3, -0.25) is 4.79 Å². The van der Waals surface area contributed by atoms with Crippen LogP contribution in [0.3, 0.4) is 0 Å². The number of anilines is 1. The van der Waals surface area contributed by atoms with Crippen molar-refractivity contribution in [2.24, 2.45) is 0 Å². The summed E-state index contributed by atoms with van der Waals surface area (Å²) < 4.78 is 0. The minimum atomic E-state index is -0.131. The monoisotopic (exact) mass is 303 g/mol. The fourth-order valence-electron chi connectivity index (χ4n) is 2.19. The summed E-state index contributed by atoms with van der Waals surface area (Å²) in [6.07, 6.45) is 0. The zero-order valence-electron chi connectivity index (χ0n) is 12.4. The van der Waals surface area contributed by atoms with Gasteiger partial charge in [-0.25, -0.2) is 0 Å². The molecule has 0 aliphatic rings. The highest BCUT2D eigenvalue weighted by molar-refractivity contribution is 6.31. The number of carbonyl (C=O) groups excluding carboxylic acids is 1. The van der Waals surface area contributed by atoms with Crippen LogP contribution in [0.5, 0.6) is 5.75 Å². The molecule has 0 saturated heterocycles. The second-order valence-corrected chi connectivity index (χ2v) is 5.39. The largest absolute Gasteiger partial charge is 0.508 e. The predicted octanol–water partition coefficient (Wildman–Crippen LogP) is 4.33. The second-order valence-electron chi connectivity index (χ2n) is 4.98. The molecule has 4 heteroatoms. The topological polar surface area (TPSA) is 40.5 Å². The molecule has 2 aromatic rings. The van der Waals surface area contributed by atoms with Gasteiger partial charge in [0.05, 0.1) is 5.69 Å². The first kappa shape index (κ1) is 15.4. The Morgan fingerprint density at radius 1 is 1.14 bits per heavy atom. The third-order valence-electron chi connectivity index (χ3n) is 3.46. The van der Waals surface area contributed by atoms with Crippen LogP contribution in [0.4, 0.5) is 5.69 Å². The van der Waals surface area contributed by atoms with Crippen LogP contribution in [0.25, 0.3) is 0 Å². The highest BCUT2D eigenvalue weighted by Gasteiger charge is 2.18. The number of rotatable bonds is 3. The summed E-state index contributed by atoms with van der Waals surface area (Å²) >= 11 is 6.10. The number of nitrogens with zero attached hydrogens (tertiary/aromatic N) is 1. The van der Waals surface area contributed by atoms with Crippen molar-refractivity contribution >= 4 is 23.2 Å². The maximum Gasteiger partial charge on any atom is 0.258 e. The van der Waals surface area contributed by atoms with Gasteiger partial charge < -0.3 is 10.0 Å². The average molecular weight is 304 g/mol. The van der Waals surface area contributed by atoms with Crippen LogP contribution in [-0.2, 0) is 0 Å². The Labute approximate surface area is 129 Å². The molecule has 3 nitrogen and oxygen atoms in total. The number of hydrogen-bond donors (Lipinski definition) is 1. The van der Waals surface area contributed by atoms with E-state index in [-0.39, 0.29) is 11.7 Å². The molecule has 2 rings (SSSR count). The van der Waals surface area contributed by atoms with Gasteiger partial charge in [-0.05, 0) is 50.1 Å². The van der Waals surface area contributed by atoms with E-state index in [4.69, 9.17) is 11.6 Å². The van der Waals surface area contributed by atoms with Crippen molar-refractivity contribution < 1.29 is 9.90 Å². The second kappa shape index (κ2) is 6.19. The minimum absolute atomic E-state index is 0.131. The zero-order chi connectivity index (χ0) is 15.6. The molecule has 0 aliphatic carbocycles. The lowest BCUT2D eigenvalue weighted by Gasteiger charge is -2.23. The summed E-state index contributed by atoms with van der Waals surface area (Å²) in [5.74, 6) is 0.0110. The number of carbonyl (C=O) groups is 1. The molecule has 110 valence electrons. The zero-order valence-corrected chi connectivity index (χ0v) is 13.1. The first-order valence-corrected chi connectivity index (χ1v) is 7.19. The molecule has 1 N–H and O–H groups in total. The normalized spacial score (nSPS) is 10.5. The maximum absolute atomic E-state index is 12.7. The molecule has 0 aromatic heterocycles. The van der Waals surface area contributed by atoms with E-state index in [9.17, 15) is 9.90 Å². The molecule has 2 aromatic carbocycles. The van der Waals surface area contributed by atoms with Gasteiger partial charge >= 0.3 is 0 Å². The molecule has 1 amide bonds.